The van der Waals surface area contributed by atoms with Crippen LogP contribution >= 0.6 is 0 Å². The molecule has 0 spiro atoms. The van der Waals surface area contributed by atoms with E-state index in [1.54, 1.807) is 0 Å². The second-order valence-corrected chi connectivity index (χ2v) is 8.83. The number of carbonyl (C=O) groups excluding carboxylic acids is 1. The van der Waals surface area contributed by atoms with Crippen molar-refractivity contribution < 1.29 is 9.32 Å². The van der Waals surface area contributed by atoms with Gasteiger partial charge in [-0.3, -0.25) is 4.79 Å². The highest BCUT2D eigenvalue weighted by molar-refractivity contribution is 5.79. The molecule has 0 radical (unpaired) electrons. The summed E-state index contributed by atoms with van der Waals surface area (Å²) < 4.78 is 5.89. The smallest absolute Gasteiger partial charge is 0.232 e. The topological polar surface area (TPSA) is 49.6 Å². The van der Waals surface area contributed by atoms with E-state index >= 15 is 0 Å². The number of rotatable bonds is 8. The average Bonchev–Trinajstić information content (AvgIpc) is 3.15. The van der Waals surface area contributed by atoms with Crippen molar-refractivity contribution in [3.05, 3.63) is 35.9 Å². The molecule has 2 heterocycles. The summed E-state index contributed by atoms with van der Waals surface area (Å²) >= 11 is 0. The summed E-state index contributed by atoms with van der Waals surface area (Å²) in [5.74, 6) is 1.56. The van der Waals surface area contributed by atoms with Crippen LogP contribution in [0.3, 0.4) is 0 Å². The molecule has 1 aromatic heterocycles. The maximum absolute atomic E-state index is 13.0. The Bertz CT molecular complexity index is 777. The highest BCUT2D eigenvalue weighted by Gasteiger charge is 2.27. The first-order chi connectivity index (χ1) is 14.0. The lowest BCUT2D eigenvalue weighted by atomic mass is 10.0. The van der Waals surface area contributed by atoms with Gasteiger partial charge in [0.05, 0.1) is 12.1 Å². The second kappa shape index (κ2) is 9.95. The van der Waals surface area contributed by atoms with Gasteiger partial charge < -0.3 is 14.3 Å². The van der Waals surface area contributed by atoms with Crippen molar-refractivity contribution in [2.45, 2.75) is 59.9 Å². The van der Waals surface area contributed by atoms with Crippen molar-refractivity contribution in [1.82, 2.24) is 10.1 Å². The second-order valence-electron chi connectivity index (χ2n) is 8.83. The SMILES string of the molecule is CC(C)CCN(Cc1c(-c2ccccc2)noc1N1CCCCC1)C(=O)C(C)C. The quantitative estimate of drug-likeness (QED) is 0.601. The average molecular weight is 398 g/mol. The van der Waals surface area contributed by atoms with E-state index in [4.69, 9.17) is 4.52 Å². The van der Waals surface area contributed by atoms with E-state index in [9.17, 15) is 4.79 Å². The van der Waals surface area contributed by atoms with Gasteiger partial charge in [-0.25, -0.2) is 0 Å². The molecular weight excluding hydrogens is 362 g/mol. The Morgan fingerprint density at radius 2 is 1.79 bits per heavy atom. The van der Waals surface area contributed by atoms with Crippen molar-refractivity contribution in [3.63, 3.8) is 0 Å². The van der Waals surface area contributed by atoms with Gasteiger partial charge >= 0.3 is 0 Å². The maximum Gasteiger partial charge on any atom is 0.232 e. The molecule has 1 aromatic carbocycles. The lowest BCUT2D eigenvalue weighted by molar-refractivity contribution is -0.135. The minimum Gasteiger partial charge on any atom is -0.340 e. The Balaban J connectivity index is 1.96. The van der Waals surface area contributed by atoms with Crippen LogP contribution in [0, 0.1) is 11.8 Å². The molecule has 0 unspecified atom stereocenters. The van der Waals surface area contributed by atoms with Crippen LogP contribution in [-0.4, -0.2) is 35.6 Å². The number of benzene rings is 1. The number of amides is 1. The molecule has 3 rings (SSSR count). The number of hydrogen-bond acceptors (Lipinski definition) is 4. The summed E-state index contributed by atoms with van der Waals surface area (Å²) in [5, 5.41) is 4.46. The van der Waals surface area contributed by atoms with Crippen LogP contribution in [0.2, 0.25) is 0 Å². The third-order valence-electron chi connectivity index (χ3n) is 5.59. The molecule has 0 bridgehead atoms. The summed E-state index contributed by atoms with van der Waals surface area (Å²) in [6.45, 7) is 11.6. The summed E-state index contributed by atoms with van der Waals surface area (Å²) in [6.07, 6.45) is 4.59. The van der Waals surface area contributed by atoms with Gasteiger partial charge in [-0.15, -0.1) is 0 Å². The minimum atomic E-state index is -0.0272. The normalized spacial score (nSPS) is 14.6. The first-order valence-corrected chi connectivity index (χ1v) is 11.0. The van der Waals surface area contributed by atoms with Crippen LogP contribution in [0.15, 0.2) is 34.9 Å². The van der Waals surface area contributed by atoms with Crippen LogP contribution < -0.4 is 4.90 Å². The van der Waals surface area contributed by atoms with Gasteiger partial charge in [-0.1, -0.05) is 63.2 Å². The summed E-state index contributed by atoms with van der Waals surface area (Å²) in [7, 11) is 0. The predicted molar refractivity (Wildman–Crippen MR) is 118 cm³/mol. The summed E-state index contributed by atoms with van der Waals surface area (Å²) in [4.78, 5) is 17.3. The number of anilines is 1. The highest BCUT2D eigenvalue weighted by Crippen LogP contribution is 2.34. The van der Waals surface area contributed by atoms with Gasteiger partial charge in [0.15, 0.2) is 0 Å². The lowest BCUT2D eigenvalue weighted by Gasteiger charge is -2.29. The maximum atomic E-state index is 13.0. The Labute approximate surface area is 175 Å². The van der Waals surface area contributed by atoms with Crippen LogP contribution in [0.5, 0.6) is 0 Å². The van der Waals surface area contributed by atoms with E-state index in [0.29, 0.717) is 12.5 Å². The first kappa shape index (κ1) is 21.4. The molecule has 1 aliphatic heterocycles. The van der Waals surface area contributed by atoms with Gasteiger partial charge in [0.2, 0.25) is 11.8 Å². The molecule has 1 aliphatic rings. The Morgan fingerprint density at radius 1 is 1.10 bits per heavy atom. The monoisotopic (exact) mass is 397 g/mol. The molecule has 0 N–H and O–H groups in total. The van der Waals surface area contributed by atoms with E-state index in [2.05, 4.69) is 36.0 Å². The molecular formula is C24H35N3O2. The Hall–Kier alpha value is -2.30. The van der Waals surface area contributed by atoms with Gasteiger partial charge in [0.1, 0.15) is 5.69 Å². The van der Waals surface area contributed by atoms with Crippen molar-refractivity contribution >= 4 is 11.8 Å². The van der Waals surface area contributed by atoms with Crippen LogP contribution in [-0.2, 0) is 11.3 Å². The molecule has 29 heavy (non-hydrogen) atoms. The minimum absolute atomic E-state index is 0.0272. The number of piperidine rings is 1. The fourth-order valence-corrected chi connectivity index (χ4v) is 3.85. The number of carbonyl (C=O) groups is 1. The predicted octanol–water partition coefficient (Wildman–Crippen LogP) is 5.36. The van der Waals surface area contributed by atoms with Crippen LogP contribution in [0.4, 0.5) is 5.88 Å². The van der Waals surface area contributed by atoms with Crippen molar-refractivity contribution in [1.29, 1.82) is 0 Å². The van der Waals surface area contributed by atoms with Gasteiger partial charge in [-0.05, 0) is 31.6 Å². The van der Waals surface area contributed by atoms with Crippen LogP contribution in [0.25, 0.3) is 11.3 Å². The zero-order valence-electron chi connectivity index (χ0n) is 18.4. The van der Waals surface area contributed by atoms with Crippen molar-refractivity contribution in [3.8, 4) is 11.3 Å². The first-order valence-electron chi connectivity index (χ1n) is 11.0. The molecule has 2 aromatic rings. The summed E-state index contributed by atoms with van der Waals surface area (Å²) in [5.41, 5.74) is 2.93. The van der Waals surface area contributed by atoms with Gasteiger partial charge in [0.25, 0.3) is 0 Å². The van der Waals surface area contributed by atoms with Crippen molar-refractivity contribution in [2.75, 3.05) is 24.5 Å². The van der Waals surface area contributed by atoms with E-state index < -0.39 is 0 Å². The van der Waals surface area contributed by atoms with Gasteiger partial charge in [0, 0.05) is 31.1 Å². The number of aromatic nitrogens is 1. The third kappa shape index (κ3) is 5.40. The molecule has 1 saturated heterocycles. The molecule has 1 amide bonds. The van der Waals surface area contributed by atoms with Crippen LogP contribution in [0.1, 0.15) is 58.9 Å². The molecule has 0 aliphatic carbocycles. The molecule has 5 heteroatoms. The number of hydrogen-bond donors (Lipinski definition) is 0. The zero-order chi connectivity index (χ0) is 20.8. The van der Waals surface area contributed by atoms with E-state index in [0.717, 1.165) is 48.8 Å². The summed E-state index contributed by atoms with van der Waals surface area (Å²) in [6, 6.07) is 10.2. The van der Waals surface area contributed by atoms with Crippen molar-refractivity contribution in [2.24, 2.45) is 11.8 Å². The standard InChI is InChI=1S/C24H35N3O2/c1-18(2)13-16-27(23(28)19(3)4)17-21-22(20-11-7-5-8-12-20)25-29-24(21)26-14-9-6-10-15-26/h5,7-8,11-12,18-19H,6,9-10,13-17H2,1-4H3. The Kier molecular flexibility index (Phi) is 7.34. The van der Waals surface area contributed by atoms with E-state index in [1.807, 2.05) is 36.9 Å². The van der Waals surface area contributed by atoms with E-state index in [1.165, 1.54) is 19.3 Å². The molecule has 0 atom stereocenters. The molecule has 5 nitrogen and oxygen atoms in total. The fourth-order valence-electron chi connectivity index (χ4n) is 3.85. The molecule has 1 fully saturated rings. The Morgan fingerprint density at radius 3 is 2.41 bits per heavy atom. The zero-order valence-corrected chi connectivity index (χ0v) is 18.4. The largest absolute Gasteiger partial charge is 0.340 e. The van der Waals surface area contributed by atoms with E-state index in [-0.39, 0.29) is 11.8 Å². The third-order valence-corrected chi connectivity index (χ3v) is 5.59. The molecule has 0 saturated carbocycles. The molecule has 158 valence electrons. The number of nitrogens with zero attached hydrogens (tertiary/aromatic N) is 3. The van der Waals surface area contributed by atoms with Gasteiger partial charge in [-0.2, -0.15) is 0 Å². The highest BCUT2D eigenvalue weighted by atomic mass is 16.5. The lowest BCUT2D eigenvalue weighted by Crippen LogP contribution is -2.36. The fraction of sp³-hybridized carbons (Fsp3) is 0.583.